The van der Waals surface area contributed by atoms with Gasteiger partial charge in [-0.2, -0.15) is 0 Å². The molecule has 0 unspecified atom stereocenters. The van der Waals surface area contributed by atoms with Crippen LogP contribution in [0.2, 0.25) is 0 Å². The minimum absolute atomic E-state index is 0.129. The number of para-hydroxylation sites is 1. The highest BCUT2D eigenvalue weighted by Gasteiger charge is 2.19. The third kappa shape index (κ3) is 4.10. The van der Waals surface area contributed by atoms with Crippen LogP contribution in [0.4, 0.5) is 0 Å². The molecule has 0 spiro atoms. The van der Waals surface area contributed by atoms with E-state index in [4.69, 9.17) is 4.74 Å². The molecule has 0 bridgehead atoms. The molecule has 0 aliphatic carbocycles. The number of ether oxygens (including phenoxy) is 1. The van der Waals surface area contributed by atoms with Crippen LogP contribution < -0.4 is 10.1 Å². The molecule has 0 fully saturated rings. The van der Waals surface area contributed by atoms with Gasteiger partial charge in [0.15, 0.2) is 6.10 Å². The van der Waals surface area contributed by atoms with Crippen LogP contribution in [0.5, 0.6) is 5.88 Å². The summed E-state index contributed by atoms with van der Waals surface area (Å²) in [6.45, 7) is 5.70. The van der Waals surface area contributed by atoms with Gasteiger partial charge in [0.2, 0.25) is 5.88 Å². The van der Waals surface area contributed by atoms with Crippen molar-refractivity contribution in [3.05, 3.63) is 41.0 Å². The Labute approximate surface area is 138 Å². The Kier molecular flexibility index (Phi) is 5.60. The highest BCUT2D eigenvalue weighted by molar-refractivity contribution is 9.10. The predicted molar refractivity (Wildman–Crippen MR) is 89.2 cm³/mol. The second-order valence-electron chi connectivity index (χ2n) is 5.14. The molecule has 0 aliphatic heterocycles. The Balaban J connectivity index is 2.07. The summed E-state index contributed by atoms with van der Waals surface area (Å²) in [4.78, 5) is 12.0. The van der Waals surface area contributed by atoms with Crippen LogP contribution in [0.15, 0.2) is 41.0 Å². The first-order chi connectivity index (χ1) is 10.5. The lowest BCUT2D eigenvalue weighted by atomic mass is 10.2. The molecule has 0 saturated heterocycles. The molecular formula is C16H20BrN3O2. The van der Waals surface area contributed by atoms with Gasteiger partial charge in [0.1, 0.15) is 0 Å². The molecule has 1 heterocycles. The number of amides is 1. The van der Waals surface area contributed by atoms with Gasteiger partial charge in [0, 0.05) is 12.2 Å². The average Bonchev–Trinajstić information content (AvgIpc) is 2.89. The molecule has 6 heteroatoms. The van der Waals surface area contributed by atoms with E-state index in [1.54, 1.807) is 11.6 Å². The number of hydrogen-bond acceptors (Lipinski definition) is 3. The van der Waals surface area contributed by atoms with E-state index in [-0.39, 0.29) is 11.9 Å². The standard InChI is InChI=1S/C16H20BrN3O2/c1-4-11(2)18-15(21)12(3)22-16-14(17)10-20(19-16)13-8-6-5-7-9-13/h5-12H,4H2,1-3H3,(H,18,21)/t11-,12+/m0/s1. The van der Waals surface area contributed by atoms with E-state index in [0.717, 1.165) is 12.1 Å². The van der Waals surface area contributed by atoms with Crippen molar-refractivity contribution in [3.8, 4) is 11.6 Å². The number of hydrogen-bond donors (Lipinski definition) is 1. The Morgan fingerprint density at radius 3 is 2.68 bits per heavy atom. The molecule has 2 aromatic rings. The minimum atomic E-state index is -0.607. The van der Waals surface area contributed by atoms with Crippen LogP contribution >= 0.6 is 15.9 Å². The molecule has 0 saturated carbocycles. The van der Waals surface area contributed by atoms with E-state index in [2.05, 4.69) is 26.3 Å². The first kappa shape index (κ1) is 16.5. The van der Waals surface area contributed by atoms with Gasteiger partial charge in [0.25, 0.3) is 5.91 Å². The van der Waals surface area contributed by atoms with Crippen LogP contribution in [0, 0.1) is 0 Å². The normalized spacial score (nSPS) is 13.5. The smallest absolute Gasteiger partial charge is 0.261 e. The lowest BCUT2D eigenvalue weighted by Gasteiger charge is -2.16. The maximum atomic E-state index is 12.0. The molecule has 1 aromatic heterocycles. The van der Waals surface area contributed by atoms with Crippen molar-refractivity contribution in [1.29, 1.82) is 0 Å². The fraction of sp³-hybridized carbons (Fsp3) is 0.375. The maximum Gasteiger partial charge on any atom is 0.261 e. The van der Waals surface area contributed by atoms with Crippen molar-refractivity contribution in [2.45, 2.75) is 39.3 Å². The summed E-state index contributed by atoms with van der Waals surface area (Å²) in [6.07, 6.45) is 2.08. The highest BCUT2D eigenvalue weighted by Crippen LogP contribution is 2.25. The maximum absolute atomic E-state index is 12.0. The lowest BCUT2D eigenvalue weighted by Crippen LogP contribution is -2.41. The van der Waals surface area contributed by atoms with Gasteiger partial charge in [-0.25, -0.2) is 4.68 Å². The summed E-state index contributed by atoms with van der Waals surface area (Å²) in [5, 5.41) is 7.26. The Morgan fingerprint density at radius 2 is 2.05 bits per heavy atom. The quantitative estimate of drug-likeness (QED) is 0.853. The third-order valence-electron chi connectivity index (χ3n) is 3.32. The lowest BCUT2D eigenvalue weighted by molar-refractivity contribution is -0.128. The molecule has 22 heavy (non-hydrogen) atoms. The van der Waals surface area contributed by atoms with E-state index >= 15 is 0 Å². The Hall–Kier alpha value is -1.82. The average molecular weight is 366 g/mol. The number of carbonyl (C=O) groups excluding carboxylic acids is 1. The fourth-order valence-electron chi connectivity index (χ4n) is 1.81. The summed E-state index contributed by atoms with van der Waals surface area (Å²) >= 11 is 3.42. The number of nitrogens with zero attached hydrogens (tertiary/aromatic N) is 2. The van der Waals surface area contributed by atoms with Crippen LogP contribution in [0.1, 0.15) is 27.2 Å². The monoisotopic (exact) mass is 365 g/mol. The van der Waals surface area contributed by atoms with E-state index in [1.807, 2.05) is 50.4 Å². The van der Waals surface area contributed by atoms with Crippen molar-refractivity contribution < 1.29 is 9.53 Å². The number of benzene rings is 1. The predicted octanol–water partition coefficient (Wildman–Crippen LogP) is 3.32. The molecule has 0 aliphatic rings. The first-order valence-corrected chi connectivity index (χ1v) is 8.08. The summed E-state index contributed by atoms with van der Waals surface area (Å²) in [5.74, 6) is 0.256. The molecule has 1 N–H and O–H groups in total. The molecule has 118 valence electrons. The summed E-state index contributed by atoms with van der Waals surface area (Å²) < 4.78 is 8.08. The van der Waals surface area contributed by atoms with Crippen LogP contribution in [0.3, 0.4) is 0 Å². The van der Waals surface area contributed by atoms with Gasteiger partial charge < -0.3 is 10.1 Å². The molecule has 1 amide bonds. The van der Waals surface area contributed by atoms with Crippen LogP contribution in [0.25, 0.3) is 5.69 Å². The number of nitrogens with one attached hydrogen (secondary N) is 1. The van der Waals surface area contributed by atoms with Crippen molar-refractivity contribution >= 4 is 21.8 Å². The number of carbonyl (C=O) groups is 1. The van der Waals surface area contributed by atoms with Gasteiger partial charge in [0.05, 0.1) is 10.2 Å². The first-order valence-electron chi connectivity index (χ1n) is 7.29. The number of rotatable bonds is 6. The van der Waals surface area contributed by atoms with E-state index < -0.39 is 6.10 Å². The molecule has 2 atom stereocenters. The zero-order chi connectivity index (χ0) is 16.1. The van der Waals surface area contributed by atoms with Gasteiger partial charge in [-0.15, -0.1) is 5.10 Å². The van der Waals surface area contributed by atoms with Gasteiger partial charge in [-0.1, -0.05) is 25.1 Å². The van der Waals surface area contributed by atoms with Crippen molar-refractivity contribution in [1.82, 2.24) is 15.1 Å². The van der Waals surface area contributed by atoms with Gasteiger partial charge in [-0.3, -0.25) is 4.79 Å². The molecular weight excluding hydrogens is 346 g/mol. The number of aromatic nitrogens is 2. The van der Waals surface area contributed by atoms with Crippen molar-refractivity contribution in [3.63, 3.8) is 0 Å². The van der Waals surface area contributed by atoms with E-state index in [9.17, 15) is 4.79 Å². The molecule has 2 rings (SSSR count). The highest BCUT2D eigenvalue weighted by atomic mass is 79.9. The molecule has 1 aromatic carbocycles. The zero-order valence-electron chi connectivity index (χ0n) is 12.9. The van der Waals surface area contributed by atoms with Crippen LogP contribution in [-0.2, 0) is 4.79 Å². The zero-order valence-corrected chi connectivity index (χ0v) is 14.5. The number of halogens is 1. The van der Waals surface area contributed by atoms with Gasteiger partial charge >= 0.3 is 0 Å². The fourth-order valence-corrected chi connectivity index (χ4v) is 2.18. The topological polar surface area (TPSA) is 56.1 Å². The second kappa shape index (κ2) is 7.45. The summed E-state index contributed by atoms with van der Waals surface area (Å²) in [6, 6.07) is 9.84. The van der Waals surface area contributed by atoms with Gasteiger partial charge in [-0.05, 0) is 48.3 Å². The molecule has 5 nitrogen and oxygen atoms in total. The van der Waals surface area contributed by atoms with Crippen molar-refractivity contribution in [2.75, 3.05) is 0 Å². The SMILES string of the molecule is CC[C@H](C)NC(=O)[C@@H](C)Oc1nn(-c2ccccc2)cc1Br. The second-order valence-corrected chi connectivity index (χ2v) is 5.99. The third-order valence-corrected chi connectivity index (χ3v) is 3.86. The largest absolute Gasteiger partial charge is 0.463 e. The molecule has 0 radical (unpaired) electrons. The van der Waals surface area contributed by atoms with E-state index in [1.165, 1.54) is 0 Å². The summed E-state index contributed by atoms with van der Waals surface area (Å²) in [5.41, 5.74) is 0.926. The van der Waals surface area contributed by atoms with Crippen molar-refractivity contribution in [2.24, 2.45) is 0 Å². The Bertz CT molecular complexity index is 628. The van der Waals surface area contributed by atoms with E-state index in [0.29, 0.717) is 10.4 Å². The summed E-state index contributed by atoms with van der Waals surface area (Å²) in [7, 11) is 0. The minimum Gasteiger partial charge on any atom is -0.463 e. The van der Waals surface area contributed by atoms with Crippen LogP contribution in [-0.4, -0.2) is 27.8 Å². The Morgan fingerprint density at radius 1 is 1.36 bits per heavy atom.